The van der Waals surface area contributed by atoms with E-state index >= 15 is 0 Å². The van der Waals surface area contributed by atoms with E-state index in [2.05, 4.69) is 10.1 Å². The lowest BCUT2D eigenvalue weighted by Gasteiger charge is -2.16. The second kappa shape index (κ2) is 9.60. The Labute approximate surface area is 200 Å². The SMILES string of the molecule is COC(=O)c1ccccc1NC(=O)COC(=O)c1ccc2c(c1)C(=O)N(c1ccccc1C)C2=O. The van der Waals surface area contributed by atoms with Crippen LogP contribution in [0.1, 0.15) is 47.0 Å². The molecule has 0 saturated carbocycles. The second-order valence-corrected chi connectivity index (χ2v) is 7.65. The number of anilines is 2. The minimum absolute atomic E-state index is 0.0132. The van der Waals surface area contributed by atoms with Gasteiger partial charge in [-0.1, -0.05) is 30.3 Å². The summed E-state index contributed by atoms with van der Waals surface area (Å²) in [5.74, 6) is -3.18. The number of carbonyl (C=O) groups is 5. The van der Waals surface area contributed by atoms with Crippen LogP contribution in [-0.2, 0) is 14.3 Å². The first kappa shape index (κ1) is 23.4. The number of imide groups is 1. The van der Waals surface area contributed by atoms with Crippen molar-refractivity contribution < 1.29 is 33.4 Å². The Kier molecular flexibility index (Phi) is 6.41. The zero-order valence-corrected chi connectivity index (χ0v) is 18.9. The Bertz CT molecular complexity index is 1380. The van der Waals surface area contributed by atoms with Crippen molar-refractivity contribution in [1.29, 1.82) is 0 Å². The van der Waals surface area contributed by atoms with Crippen LogP contribution < -0.4 is 10.2 Å². The maximum Gasteiger partial charge on any atom is 0.339 e. The summed E-state index contributed by atoms with van der Waals surface area (Å²) in [6.07, 6.45) is 0. The van der Waals surface area contributed by atoms with Crippen molar-refractivity contribution >= 4 is 41.0 Å². The number of benzene rings is 3. The van der Waals surface area contributed by atoms with Gasteiger partial charge in [-0.15, -0.1) is 0 Å². The standard InChI is InChI=1S/C26H20N2O7/c1-15-7-3-6-10-21(15)28-23(30)17-12-11-16(13-19(17)24(28)31)25(32)35-14-22(29)27-20-9-5-4-8-18(20)26(33)34-2/h3-13H,14H2,1-2H3,(H,27,29). The van der Waals surface area contributed by atoms with Crippen molar-refractivity contribution in [2.75, 3.05) is 23.9 Å². The van der Waals surface area contributed by atoms with Gasteiger partial charge in [-0.3, -0.25) is 14.4 Å². The van der Waals surface area contributed by atoms with Crippen LogP contribution in [0.3, 0.4) is 0 Å². The van der Waals surface area contributed by atoms with Crippen LogP contribution in [0, 0.1) is 6.92 Å². The molecule has 3 aromatic carbocycles. The smallest absolute Gasteiger partial charge is 0.339 e. The van der Waals surface area contributed by atoms with Gasteiger partial charge in [0.2, 0.25) is 0 Å². The van der Waals surface area contributed by atoms with Gasteiger partial charge in [0.05, 0.1) is 40.7 Å². The van der Waals surface area contributed by atoms with E-state index in [0.29, 0.717) is 5.69 Å². The van der Waals surface area contributed by atoms with Crippen LogP contribution in [0.25, 0.3) is 0 Å². The summed E-state index contributed by atoms with van der Waals surface area (Å²) >= 11 is 0. The first-order valence-corrected chi connectivity index (χ1v) is 10.5. The van der Waals surface area contributed by atoms with E-state index in [4.69, 9.17) is 4.74 Å². The van der Waals surface area contributed by atoms with E-state index < -0.39 is 36.3 Å². The predicted molar refractivity (Wildman–Crippen MR) is 125 cm³/mol. The van der Waals surface area contributed by atoms with E-state index in [1.54, 1.807) is 43.3 Å². The molecule has 3 aromatic rings. The summed E-state index contributed by atoms with van der Waals surface area (Å²) in [4.78, 5) is 63.5. The van der Waals surface area contributed by atoms with Gasteiger partial charge >= 0.3 is 11.9 Å². The van der Waals surface area contributed by atoms with Crippen LogP contribution in [-0.4, -0.2) is 43.4 Å². The summed E-state index contributed by atoms with van der Waals surface area (Å²) in [5, 5.41) is 2.49. The second-order valence-electron chi connectivity index (χ2n) is 7.65. The lowest BCUT2D eigenvalue weighted by molar-refractivity contribution is -0.119. The fourth-order valence-corrected chi connectivity index (χ4v) is 3.68. The largest absolute Gasteiger partial charge is 0.465 e. The third-order valence-electron chi connectivity index (χ3n) is 5.42. The third kappa shape index (κ3) is 4.51. The summed E-state index contributed by atoms with van der Waals surface area (Å²) in [6, 6.07) is 17.2. The fourth-order valence-electron chi connectivity index (χ4n) is 3.68. The predicted octanol–water partition coefficient (Wildman–Crippen LogP) is 3.38. The highest BCUT2D eigenvalue weighted by molar-refractivity contribution is 6.35. The molecule has 1 N–H and O–H groups in total. The van der Waals surface area contributed by atoms with Crippen LogP contribution in [0.5, 0.6) is 0 Å². The molecule has 9 nitrogen and oxygen atoms in total. The molecule has 1 aliphatic heterocycles. The monoisotopic (exact) mass is 472 g/mol. The Morgan fingerprint density at radius 3 is 2.29 bits per heavy atom. The van der Waals surface area contributed by atoms with Crippen LogP contribution in [0.4, 0.5) is 11.4 Å². The molecule has 0 aromatic heterocycles. The van der Waals surface area contributed by atoms with E-state index in [0.717, 1.165) is 10.5 Å². The van der Waals surface area contributed by atoms with Crippen molar-refractivity contribution in [3.63, 3.8) is 0 Å². The summed E-state index contributed by atoms with van der Waals surface area (Å²) in [7, 11) is 1.22. The molecule has 35 heavy (non-hydrogen) atoms. The Balaban J connectivity index is 1.45. The van der Waals surface area contributed by atoms with Crippen molar-refractivity contribution in [3.8, 4) is 0 Å². The molecule has 1 aliphatic rings. The highest BCUT2D eigenvalue weighted by Gasteiger charge is 2.37. The first-order chi connectivity index (χ1) is 16.8. The average molecular weight is 472 g/mol. The number of methoxy groups -OCH3 is 1. The molecular formula is C26H20N2O7. The number of hydrogen-bond donors (Lipinski definition) is 1. The van der Waals surface area contributed by atoms with Gasteiger partial charge in [0.15, 0.2) is 6.61 Å². The normalized spacial score (nSPS) is 12.2. The third-order valence-corrected chi connectivity index (χ3v) is 5.42. The van der Waals surface area contributed by atoms with E-state index in [1.165, 1.54) is 37.4 Å². The van der Waals surface area contributed by atoms with E-state index in [1.807, 2.05) is 0 Å². The summed E-state index contributed by atoms with van der Waals surface area (Å²) < 4.78 is 9.74. The number of hydrogen-bond acceptors (Lipinski definition) is 7. The number of fused-ring (bicyclic) bond motifs is 1. The number of para-hydroxylation sites is 2. The zero-order chi connectivity index (χ0) is 25.1. The topological polar surface area (TPSA) is 119 Å². The summed E-state index contributed by atoms with van der Waals surface area (Å²) in [5.41, 5.74) is 1.83. The van der Waals surface area contributed by atoms with Crippen molar-refractivity contribution in [1.82, 2.24) is 0 Å². The van der Waals surface area contributed by atoms with Gasteiger partial charge in [0.1, 0.15) is 0 Å². The van der Waals surface area contributed by atoms with Crippen molar-refractivity contribution in [2.45, 2.75) is 6.92 Å². The molecule has 0 aliphatic carbocycles. The molecule has 176 valence electrons. The summed E-state index contributed by atoms with van der Waals surface area (Å²) in [6.45, 7) is 1.16. The van der Waals surface area contributed by atoms with Crippen LogP contribution in [0.2, 0.25) is 0 Å². The van der Waals surface area contributed by atoms with Gasteiger partial charge in [-0.2, -0.15) is 0 Å². The highest BCUT2D eigenvalue weighted by Crippen LogP contribution is 2.31. The van der Waals surface area contributed by atoms with E-state index in [-0.39, 0.29) is 27.9 Å². The zero-order valence-electron chi connectivity index (χ0n) is 18.9. The molecule has 0 radical (unpaired) electrons. The molecule has 0 fully saturated rings. The lowest BCUT2D eigenvalue weighted by atomic mass is 10.1. The lowest BCUT2D eigenvalue weighted by Crippen LogP contribution is -2.29. The number of amides is 3. The number of ether oxygens (including phenoxy) is 2. The molecule has 0 atom stereocenters. The number of rotatable bonds is 6. The average Bonchev–Trinajstić information content (AvgIpc) is 3.12. The molecule has 0 unspecified atom stereocenters. The minimum atomic E-state index is -0.848. The molecule has 9 heteroatoms. The fraction of sp³-hybridized carbons (Fsp3) is 0.115. The first-order valence-electron chi connectivity index (χ1n) is 10.5. The minimum Gasteiger partial charge on any atom is -0.465 e. The Morgan fingerprint density at radius 1 is 0.857 bits per heavy atom. The van der Waals surface area contributed by atoms with Crippen molar-refractivity contribution in [3.05, 3.63) is 94.5 Å². The van der Waals surface area contributed by atoms with E-state index in [9.17, 15) is 24.0 Å². The molecule has 1 heterocycles. The number of nitrogens with one attached hydrogen (secondary N) is 1. The van der Waals surface area contributed by atoms with Crippen LogP contribution in [0.15, 0.2) is 66.7 Å². The quantitative estimate of drug-likeness (QED) is 0.431. The molecule has 0 saturated heterocycles. The number of carbonyl (C=O) groups excluding carboxylic acids is 5. The number of aryl methyl sites for hydroxylation is 1. The Hall–Kier alpha value is -4.79. The Morgan fingerprint density at radius 2 is 1.54 bits per heavy atom. The molecule has 0 spiro atoms. The van der Waals surface area contributed by atoms with Gasteiger partial charge in [0.25, 0.3) is 17.7 Å². The van der Waals surface area contributed by atoms with Gasteiger partial charge in [-0.05, 0) is 48.9 Å². The van der Waals surface area contributed by atoms with Gasteiger partial charge in [-0.25, -0.2) is 14.5 Å². The van der Waals surface area contributed by atoms with Gasteiger partial charge in [0, 0.05) is 0 Å². The maximum atomic E-state index is 13.0. The molecular weight excluding hydrogens is 452 g/mol. The molecule has 0 bridgehead atoms. The highest BCUT2D eigenvalue weighted by atomic mass is 16.5. The molecule has 3 amide bonds. The number of nitrogens with zero attached hydrogens (tertiary/aromatic N) is 1. The van der Waals surface area contributed by atoms with Crippen LogP contribution >= 0.6 is 0 Å². The maximum absolute atomic E-state index is 13.0. The van der Waals surface area contributed by atoms with Gasteiger partial charge < -0.3 is 14.8 Å². The number of esters is 2. The van der Waals surface area contributed by atoms with Crippen molar-refractivity contribution in [2.24, 2.45) is 0 Å². The molecule has 4 rings (SSSR count).